The van der Waals surface area contributed by atoms with Gasteiger partial charge >= 0.3 is 0 Å². The summed E-state index contributed by atoms with van der Waals surface area (Å²) in [6.45, 7) is 2.18. The highest BCUT2D eigenvalue weighted by Crippen LogP contribution is 2.53. The molecule has 0 aliphatic heterocycles. The minimum Gasteiger partial charge on any atom is -0.206 e. The first-order valence-electron chi connectivity index (χ1n) is 8.19. The van der Waals surface area contributed by atoms with E-state index >= 15 is 0 Å². The second-order valence-electron chi connectivity index (χ2n) is 6.78. The Morgan fingerprint density at radius 2 is 1.86 bits per heavy atom. The van der Waals surface area contributed by atoms with Gasteiger partial charge in [0.05, 0.1) is 5.56 Å². The van der Waals surface area contributed by atoms with Crippen LogP contribution in [0.25, 0.3) is 0 Å². The smallest absolute Gasteiger partial charge is 0.206 e. The van der Waals surface area contributed by atoms with Crippen LogP contribution in [0.4, 0.5) is 13.2 Å². The van der Waals surface area contributed by atoms with Crippen molar-refractivity contribution in [3.8, 4) is 0 Å². The fourth-order valence-electron chi connectivity index (χ4n) is 4.41. The van der Waals surface area contributed by atoms with E-state index in [0.717, 1.165) is 31.7 Å². The number of hydrogen-bond donors (Lipinski definition) is 0. The molecule has 3 heteroatoms. The molecule has 0 nitrogen and oxygen atoms in total. The lowest BCUT2D eigenvalue weighted by atomic mass is 9.73. The van der Waals surface area contributed by atoms with Crippen LogP contribution in [0.3, 0.4) is 0 Å². The average molecular weight is 296 g/mol. The minimum atomic E-state index is -3.00. The van der Waals surface area contributed by atoms with Crippen molar-refractivity contribution in [1.29, 1.82) is 0 Å². The highest BCUT2D eigenvalue weighted by molar-refractivity contribution is 5.38. The molecule has 1 saturated carbocycles. The van der Waals surface area contributed by atoms with Crippen LogP contribution in [0.15, 0.2) is 18.2 Å². The van der Waals surface area contributed by atoms with Crippen LogP contribution in [-0.2, 0) is 12.3 Å². The van der Waals surface area contributed by atoms with Crippen LogP contribution in [0.1, 0.15) is 56.6 Å². The first-order valence-corrected chi connectivity index (χ1v) is 8.19. The van der Waals surface area contributed by atoms with Crippen LogP contribution in [0, 0.1) is 23.6 Å². The van der Waals surface area contributed by atoms with E-state index in [-0.39, 0.29) is 11.5 Å². The van der Waals surface area contributed by atoms with E-state index < -0.39 is 17.7 Å². The van der Waals surface area contributed by atoms with Crippen LogP contribution in [0.5, 0.6) is 0 Å². The Morgan fingerprint density at radius 3 is 2.48 bits per heavy atom. The molecule has 1 aromatic carbocycles. The van der Waals surface area contributed by atoms with Crippen LogP contribution >= 0.6 is 0 Å². The number of fused-ring (bicyclic) bond motifs is 1. The van der Waals surface area contributed by atoms with Crippen LogP contribution in [-0.4, -0.2) is 0 Å². The Hall–Kier alpha value is -0.990. The molecular formula is C18H23F3. The van der Waals surface area contributed by atoms with Gasteiger partial charge in [-0.15, -0.1) is 0 Å². The van der Waals surface area contributed by atoms with Gasteiger partial charge in [0.25, 0.3) is 5.92 Å². The first kappa shape index (κ1) is 14.9. The van der Waals surface area contributed by atoms with Crippen molar-refractivity contribution < 1.29 is 13.2 Å². The molecule has 0 aromatic heterocycles. The number of rotatable bonds is 3. The Bertz CT molecular complexity index is 501. The SMILES string of the molecule is CCC[C@H]1CC[C@H](C2Cc3cccc(F)c3C2(F)F)CC1. The molecule has 1 unspecified atom stereocenters. The number of benzene rings is 1. The maximum absolute atomic E-state index is 14.7. The molecule has 2 aliphatic rings. The second-order valence-corrected chi connectivity index (χ2v) is 6.78. The fraction of sp³-hybridized carbons (Fsp3) is 0.667. The second kappa shape index (κ2) is 5.66. The molecule has 1 fully saturated rings. The topological polar surface area (TPSA) is 0 Å². The third kappa shape index (κ3) is 2.60. The zero-order valence-corrected chi connectivity index (χ0v) is 12.5. The lowest BCUT2D eigenvalue weighted by molar-refractivity contribution is -0.0840. The van der Waals surface area contributed by atoms with Gasteiger partial charge in [0.1, 0.15) is 5.82 Å². The third-order valence-corrected chi connectivity index (χ3v) is 5.50. The standard InChI is InChI=1S/C18H23F3/c1-2-4-12-7-9-13(10-8-12)15-11-14-5-3-6-16(19)17(14)18(15,20)21/h3,5-6,12-13,15H,2,4,7-11H2,1H3/t12-,13-,15?. The Kier molecular flexibility index (Phi) is 4.02. The number of hydrogen-bond acceptors (Lipinski definition) is 0. The fourth-order valence-corrected chi connectivity index (χ4v) is 4.41. The van der Waals surface area contributed by atoms with Gasteiger partial charge in [-0.2, -0.15) is 0 Å². The van der Waals surface area contributed by atoms with Crippen molar-refractivity contribution in [2.75, 3.05) is 0 Å². The molecule has 3 rings (SSSR count). The molecule has 0 saturated heterocycles. The zero-order chi connectivity index (χ0) is 15.0. The molecule has 0 bridgehead atoms. The molecule has 1 atom stereocenters. The summed E-state index contributed by atoms with van der Waals surface area (Å²) in [7, 11) is 0. The van der Waals surface area contributed by atoms with Crippen molar-refractivity contribution >= 4 is 0 Å². The highest BCUT2D eigenvalue weighted by atomic mass is 19.3. The Labute approximate surface area is 124 Å². The van der Waals surface area contributed by atoms with E-state index in [9.17, 15) is 13.2 Å². The van der Waals surface area contributed by atoms with Crippen molar-refractivity contribution in [3.05, 3.63) is 35.1 Å². The molecular weight excluding hydrogens is 273 g/mol. The van der Waals surface area contributed by atoms with E-state index in [2.05, 4.69) is 6.92 Å². The molecule has 0 heterocycles. The summed E-state index contributed by atoms with van der Waals surface area (Å²) >= 11 is 0. The van der Waals surface area contributed by atoms with Gasteiger partial charge in [-0.1, -0.05) is 44.7 Å². The van der Waals surface area contributed by atoms with Gasteiger partial charge in [0.15, 0.2) is 0 Å². The molecule has 2 aliphatic carbocycles. The minimum absolute atomic E-state index is 0.0416. The average Bonchev–Trinajstić information content (AvgIpc) is 2.73. The number of alkyl halides is 2. The van der Waals surface area contributed by atoms with Crippen molar-refractivity contribution in [2.24, 2.45) is 17.8 Å². The third-order valence-electron chi connectivity index (χ3n) is 5.50. The van der Waals surface area contributed by atoms with Crippen molar-refractivity contribution in [2.45, 2.75) is 57.8 Å². The van der Waals surface area contributed by atoms with E-state index in [4.69, 9.17) is 0 Å². The monoisotopic (exact) mass is 296 g/mol. The lowest BCUT2D eigenvalue weighted by Crippen LogP contribution is -2.31. The van der Waals surface area contributed by atoms with Crippen LogP contribution < -0.4 is 0 Å². The maximum Gasteiger partial charge on any atom is 0.279 e. The molecule has 1 aromatic rings. The predicted octanol–water partition coefficient (Wildman–Crippen LogP) is 5.70. The van der Waals surface area contributed by atoms with E-state index in [1.807, 2.05) is 0 Å². The summed E-state index contributed by atoms with van der Waals surface area (Å²) in [4.78, 5) is 0. The first-order chi connectivity index (χ1) is 10.0. The van der Waals surface area contributed by atoms with Gasteiger partial charge in [-0.3, -0.25) is 0 Å². The van der Waals surface area contributed by atoms with E-state index in [1.54, 1.807) is 12.1 Å². The van der Waals surface area contributed by atoms with Gasteiger partial charge in [0.2, 0.25) is 0 Å². The van der Waals surface area contributed by atoms with Crippen LogP contribution in [0.2, 0.25) is 0 Å². The number of halogens is 3. The van der Waals surface area contributed by atoms with Crippen molar-refractivity contribution in [1.82, 2.24) is 0 Å². The van der Waals surface area contributed by atoms with E-state index in [0.29, 0.717) is 17.9 Å². The van der Waals surface area contributed by atoms with Gasteiger partial charge in [0, 0.05) is 5.92 Å². The predicted molar refractivity (Wildman–Crippen MR) is 77.8 cm³/mol. The Balaban J connectivity index is 1.76. The largest absolute Gasteiger partial charge is 0.279 e. The Morgan fingerprint density at radius 1 is 1.14 bits per heavy atom. The van der Waals surface area contributed by atoms with Gasteiger partial charge in [-0.25, -0.2) is 13.2 Å². The molecule has 21 heavy (non-hydrogen) atoms. The maximum atomic E-state index is 14.7. The summed E-state index contributed by atoms with van der Waals surface area (Å²) < 4.78 is 43.1. The normalized spacial score (nSPS) is 31.1. The quantitative estimate of drug-likeness (QED) is 0.671. The van der Waals surface area contributed by atoms with Gasteiger partial charge in [-0.05, 0) is 42.7 Å². The zero-order valence-electron chi connectivity index (χ0n) is 12.5. The summed E-state index contributed by atoms with van der Waals surface area (Å²) in [5.41, 5.74) is 0.186. The summed E-state index contributed by atoms with van der Waals surface area (Å²) in [6, 6.07) is 4.37. The molecule has 116 valence electrons. The highest BCUT2D eigenvalue weighted by Gasteiger charge is 2.53. The summed E-state index contributed by atoms with van der Waals surface area (Å²) in [5, 5.41) is 0. The summed E-state index contributed by atoms with van der Waals surface area (Å²) in [6.07, 6.45) is 6.59. The molecule has 0 amide bonds. The van der Waals surface area contributed by atoms with E-state index in [1.165, 1.54) is 12.8 Å². The van der Waals surface area contributed by atoms with Gasteiger partial charge < -0.3 is 0 Å². The summed E-state index contributed by atoms with van der Waals surface area (Å²) in [5.74, 6) is -3.69. The lowest BCUT2D eigenvalue weighted by Gasteiger charge is -2.34. The molecule has 0 radical (unpaired) electrons. The molecule has 0 spiro atoms. The molecule has 0 N–H and O–H groups in total. The van der Waals surface area contributed by atoms with Crippen molar-refractivity contribution in [3.63, 3.8) is 0 Å².